The second-order valence-corrected chi connectivity index (χ2v) is 3.17. The van der Waals surface area contributed by atoms with Gasteiger partial charge in [-0.2, -0.15) is 0 Å². The van der Waals surface area contributed by atoms with Crippen LogP contribution in [0.2, 0.25) is 0 Å². The molecule has 1 amide bonds. The van der Waals surface area contributed by atoms with Crippen molar-refractivity contribution in [2.75, 3.05) is 26.2 Å². The van der Waals surface area contributed by atoms with Crippen molar-refractivity contribution in [3.05, 3.63) is 12.2 Å². The normalized spacial score (nSPS) is 11.1. The van der Waals surface area contributed by atoms with Crippen molar-refractivity contribution in [2.24, 2.45) is 0 Å². The summed E-state index contributed by atoms with van der Waals surface area (Å²) >= 11 is 0. The third-order valence-electron chi connectivity index (χ3n) is 2.16. The summed E-state index contributed by atoms with van der Waals surface area (Å²) < 4.78 is 0. The van der Waals surface area contributed by atoms with Crippen LogP contribution in [0.5, 0.6) is 0 Å². The predicted molar refractivity (Wildman–Crippen MR) is 60.2 cm³/mol. The highest BCUT2D eigenvalue weighted by atomic mass is 16.1. The average Bonchev–Trinajstić information content (AvgIpc) is 2.19. The van der Waals surface area contributed by atoms with Crippen LogP contribution < -0.4 is 5.32 Å². The van der Waals surface area contributed by atoms with Crippen LogP contribution in [0.4, 0.5) is 0 Å². The van der Waals surface area contributed by atoms with Gasteiger partial charge in [-0.05, 0) is 39.1 Å². The summed E-state index contributed by atoms with van der Waals surface area (Å²) in [6.07, 6.45) is 4.32. The van der Waals surface area contributed by atoms with Crippen LogP contribution in [-0.4, -0.2) is 37.0 Å². The van der Waals surface area contributed by atoms with Crippen molar-refractivity contribution in [2.45, 2.75) is 27.2 Å². The first-order valence-corrected chi connectivity index (χ1v) is 5.37. The molecule has 3 nitrogen and oxygen atoms in total. The molecule has 0 aliphatic rings. The van der Waals surface area contributed by atoms with Crippen molar-refractivity contribution in [3.63, 3.8) is 0 Å². The largest absolute Gasteiger partial charge is 0.353 e. The molecular weight excluding hydrogens is 176 g/mol. The van der Waals surface area contributed by atoms with E-state index in [4.69, 9.17) is 0 Å². The molecule has 0 unspecified atom stereocenters. The maximum atomic E-state index is 11.0. The van der Waals surface area contributed by atoms with Gasteiger partial charge in [0, 0.05) is 6.54 Å². The summed E-state index contributed by atoms with van der Waals surface area (Å²) in [6.45, 7) is 10.1. The number of amides is 1. The molecule has 0 aliphatic carbocycles. The quantitative estimate of drug-likeness (QED) is 0.495. The summed E-state index contributed by atoms with van der Waals surface area (Å²) in [7, 11) is 0. The van der Waals surface area contributed by atoms with Gasteiger partial charge in [0.1, 0.15) is 0 Å². The van der Waals surface area contributed by atoms with Crippen LogP contribution in [0.3, 0.4) is 0 Å². The van der Waals surface area contributed by atoms with Crippen molar-refractivity contribution >= 4 is 5.91 Å². The van der Waals surface area contributed by atoms with Gasteiger partial charge in [-0.15, -0.1) is 0 Å². The third-order valence-corrected chi connectivity index (χ3v) is 2.16. The lowest BCUT2D eigenvalue weighted by molar-refractivity contribution is -0.116. The van der Waals surface area contributed by atoms with Gasteiger partial charge in [0.05, 0.1) is 0 Å². The molecule has 0 aliphatic heterocycles. The van der Waals surface area contributed by atoms with E-state index < -0.39 is 0 Å². The lowest BCUT2D eigenvalue weighted by atomic mass is 10.3. The van der Waals surface area contributed by atoms with Crippen LogP contribution in [0.25, 0.3) is 0 Å². The zero-order valence-electron chi connectivity index (χ0n) is 9.55. The molecule has 0 saturated carbocycles. The van der Waals surface area contributed by atoms with E-state index in [-0.39, 0.29) is 5.91 Å². The number of rotatable bonds is 7. The first-order chi connectivity index (χ1) is 6.74. The molecule has 0 atom stereocenters. The molecular formula is C11H22N2O. The van der Waals surface area contributed by atoms with E-state index in [0.717, 1.165) is 32.6 Å². The van der Waals surface area contributed by atoms with Gasteiger partial charge >= 0.3 is 0 Å². The molecule has 0 aromatic carbocycles. The third kappa shape index (κ3) is 6.66. The maximum Gasteiger partial charge on any atom is 0.243 e. The van der Waals surface area contributed by atoms with Gasteiger partial charge in [0.15, 0.2) is 0 Å². The standard InChI is InChI=1S/C11H22N2O/c1-4-8-11(14)12-9-7-10-13(5-2)6-3/h4,8H,5-7,9-10H2,1-3H3,(H,12,14). The zero-order chi connectivity index (χ0) is 10.8. The minimum atomic E-state index is 0.00652. The summed E-state index contributed by atoms with van der Waals surface area (Å²) in [4.78, 5) is 13.4. The number of hydrogen-bond donors (Lipinski definition) is 1. The Morgan fingerprint density at radius 3 is 2.50 bits per heavy atom. The van der Waals surface area contributed by atoms with Crippen LogP contribution in [0, 0.1) is 0 Å². The van der Waals surface area contributed by atoms with E-state index in [1.165, 1.54) is 0 Å². The minimum absolute atomic E-state index is 0.00652. The predicted octanol–water partition coefficient (Wildman–Crippen LogP) is 1.41. The number of allylic oxidation sites excluding steroid dienone is 1. The van der Waals surface area contributed by atoms with E-state index in [2.05, 4.69) is 24.1 Å². The molecule has 0 saturated heterocycles. The molecule has 82 valence electrons. The Kier molecular flexibility index (Phi) is 8.24. The van der Waals surface area contributed by atoms with E-state index in [0.29, 0.717) is 0 Å². The fourth-order valence-electron chi connectivity index (χ4n) is 1.26. The Morgan fingerprint density at radius 2 is 2.00 bits per heavy atom. The van der Waals surface area contributed by atoms with Gasteiger partial charge < -0.3 is 10.2 Å². The van der Waals surface area contributed by atoms with Gasteiger partial charge in [0.2, 0.25) is 5.91 Å². The van der Waals surface area contributed by atoms with Gasteiger partial charge in [0.25, 0.3) is 0 Å². The molecule has 14 heavy (non-hydrogen) atoms. The Labute approximate surface area is 87.2 Å². The van der Waals surface area contributed by atoms with Crippen molar-refractivity contribution in [1.82, 2.24) is 10.2 Å². The molecule has 0 fully saturated rings. The van der Waals surface area contributed by atoms with E-state index >= 15 is 0 Å². The van der Waals surface area contributed by atoms with Crippen LogP contribution in [0.15, 0.2) is 12.2 Å². The Morgan fingerprint density at radius 1 is 1.36 bits per heavy atom. The van der Waals surface area contributed by atoms with E-state index in [1.807, 2.05) is 6.92 Å². The molecule has 0 spiro atoms. The molecule has 0 rings (SSSR count). The number of nitrogens with zero attached hydrogens (tertiary/aromatic N) is 1. The lowest BCUT2D eigenvalue weighted by Gasteiger charge is -2.17. The van der Waals surface area contributed by atoms with Gasteiger partial charge in [-0.25, -0.2) is 0 Å². The highest BCUT2D eigenvalue weighted by molar-refractivity contribution is 5.87. The topological polar surface area (TPSA) is 32.3 Å². The number of hydrogen-bond acceptors (Lipinski definition) is 2. The maximum absolute atomic E-state index is 11.0. The molecule has 0 aromatic rings. The fourth-order valence-corrected chi connectivity index (χ4v) is 1.26. The Bertz CT molecular complexity index is 174. The fraction of sp³-hybridized carbons (Fsp3) is 0.727. The van der Waals surface area contributed by atoms with Gasteiger partial charge in [-0.3, -0.25) is 4.79 Å². The first kappa shape index (κ1) is 13.2. The second-order valence-electron chi connectivity index (χ2n) is 3.17. The number of carbonyl (C=O) groups is 1. The molecule has 0 bridgehead atoms. The van der Waals surface area contributed by atoms with E-state index in [9.17, 15) is 4.79 Å². The second kappa shape index (κ2) is 8.75. The highest BCUT2D eigenvalue weighted by Crippen LogP contribution is 1.89. The summed E-state index contributed by atoms with van der Waals surface area (Å²) in [5.74, 6) is 0.00652. The van der Waals surface area contributed by atoms with Crippen LogP contribution in [0.1, 0.15) is 27.2 Å². The van der Waals surface area contributed by atoms with Crippen molar-refractivity contribution in [3.8, 4) is 0 Å². The highest BCUT2D eigenvalue weighted by Gasteiger charge is 1.98. The SMILES string of the molecule is CC=CC(=O)NCCCN(CC)CC. The van der Waals surface area contributed by atoms with Crippen molar-refractivity contribution in [1.29, 1.82) is 0 Å². The minimum Gasteiger partial charge on any atom is -0.353 e. The molecule has 0 aromatic heterocycles. The Hall–Kier alpha value is -0.830. The number of carbonyl (C=O) groups excluding carboxylic acids is 1. The van der Waals surface area contributed by atoms with Crippen LogP contribution >= 0.6 is 0 Å². The summed E-state index contributed by atoms with van der Waals surface area (Å²) in [6, 6.07) is 0. The lowest BCUT2D eigenvalue weighted by Crippen LogP contribution is -2.29. The molecule has 3 heteroatoms. The summed E-state index contributed by atoms with van der Waals surface area (Å²) in [5.41, 5.74) is 0. The zero-order valence-corrected chi connectivity index (χ0v) is 9.55. The summed E-state index contributed by atoms with van der Waals surface area (Å²) in [5, 5.41) is 2.83. The van der Waals surface area contributed by atoms with Crippen LogP contribution in [-0.2, 0) is 4.79 Å². The Balaban J connectivity index is 3.41. The smallest absolute Gasteiger partial charge is 0.243 e. The molecule has 0 radical (unpaired) electrons. The average molecular weight is 198 g/mol. The first-order valence-electron chi connectivity index (χ1n) is 5.37. The monoisotopic (exact) mass is 198 g/mol. The van der Waals surface area contributed by atoms with Crippen molar-refractivity contribution < 1.29 is 4.79 Å². The van der Waals surface area contributed by atoms with Gasteiger partial charge in [-0.1, -0.05) is 19.9 Å². The van der Waals surface area contributed by atoms with E-state index in [1.54, 1.807) is 12.2 Å². The number of nitrogens with one attached hydrogen (secondary N) is 1. The molecule has 1 N–H and O–H groups in total. The molecule has 0 heterocycles.